The number of halogens is 2. The highest BCUT2D eigenvalue weighted by molar-refractivity contribution is 5.97. The summed E-state index contributed by atoms with van der Waals surface area (Å²) in [7, 11) is 1.53. The molecule has 3 rings (SSSR count). The van der Waals surface area contributed by atoms with Gasteiger partial charge in [-0.1, -0.05) is 12.1 Å². The van der Waals surface area contributed by atoms with Gasteiger partial charge in [-0.05, 0) is 24.3 Å². The Balaban J connectivity index is 1.98. The highest BCUT2D eigenvalue weighted by atomic mass is 19.1. The molecule has 0 spiro atoms. The molecule has 6 nitrogen and oxygen atoms in total. The number of nitrogens with zero attached hydrogens (tertiary/aromatic N) is 2. The van der Waals surface area contributed by atoms with Crippen LogP contribution in [0.3, 0.4) is 0 Å². The number of aromatic nitrogens is 2. The lowest BCUT2D eigenvalue weighted by Crippen LogP contribution is -2.28. The first-order valence-corrected chi connectivity index (χ1v) is 7.84. The van der Waals surface area contributed by atoms with E-state index in [1.165, 1.54) is 13.2 Å². The molecule has 2 N–H and O–H groups in total. The highest BCUT2D eigenvalue weighted by Gasteiger charge is 2.15. The number of carbonyl (C=O) groups excluding carboxylic acids is 1. The third-order valence-electron chi connectivity index (χ3n) is 3.58. The molecular weight excluding hydrogens is 342 g/mol. The van der Waals surface area contributed by atoms with E-state index in [0.717, 1.165) is 12.1 Å². The van der Waals surface area contributed by atoms with Gasteiger partial charge in [0, 0.05) is 25.1 Å². The van der Waals surface area contributed by atoms with Gasteiger partial charge in [0.05, 0.1) is 17.8 Å². The van der Waals surface area contributed by atoms with Crippen LogP contribution in [0.5, 0.6) is 0 Å². The lowest BCUT2D eigenvalue weighted by atomic mass is 10.2. The molecule has 8 heteroatoms. The van der Waals surface area contributed by atoms with Crippen LogP contribution in [0, 0.1) is 11.6 Å². The van der Waals surface area contributed by atoms with E-state index in [-0.39, 0.29) is 17.3 Å². The van der Waals surface area contributed by atoms with Crippen molar-refractivity contribution >= 4 is 28.3 Å². The third kappa shape index (κ3) is 3.92. The molecule has 0 unspecified atom stereocenters. The summed E-state index contributed by atoms with van der Waals surface area (Å²) < 4.78 is 31.9. The second kappa shape index (κ2) is 7.83. The van der Waals surface area contributed by atoms with E-state index in [2.05, 4.69) is 20.6 Å². The van der Waals surface area contributed by atoms with Gasteiger partial charge in [0.25, 0.3) is 5.91 Å². The third-order valence-corrected chi connectivity index (χ3v) is 3.58. The fourth-order valence-corrected chi connectivity index (χ4v) is 2.34. The lowest BCUT2D eigenvalue weighted by molar-refractivity contribution is 0.0927. The first-order valence-electron chi connectivity index (χ1n) is 7.84. The van der Waals surface area contributed by atoms with Gasteiger partial charge in [0.2, 0.25) is 5.82 Å². The number of ether oxygens (including phenoxy) is 1. The quantitative estimate of drug-likeness (QED) is 0.663. The summed E-state index contributed by atoms with van der Waals surface area (Å²) in [5.74, 6) is -1.74. The van der Waals surface area contributed by atoms with Crippen LogP contribution in [0.4, 0.5) is 20.3 Å². The zero-order valence-electron chi connectivity index (χ0n) is 13.9. The lowest BCUT2D eigenvalue weighted by Gasteiger charge is -2.11. The summed E-state index contributed by atoms with van der Waals surface area (Å²) in [5, 5.41) is 6.04. The largest absolute Gasteiger partial charge is 0.383 e. The number of carbonyl (C=O) groups is 1. The van der Waals surface area contributed by atoms with Gasteiger partial charge in [-0.15, -0.1) is 0 Å². The van der Waals surface area contributed by atoms with Gasteiger partial charge in [0.15, 0.2) is 0 Å². The predicted molar refractivity (Wildman–Crippen MR) is 93.4 cm³/mol. The number of amides is 1. The zero-order chi connectivity index (χ0) is 18.5. The molecule has 0 fully saturated rings. The smallest absolute Gasteiger partial charge is 0.289 e. The second-order valence-electron chi connectivity index (χ2n) is 5.41. The number of rotatable bonds is 6. The normalized spacial score (nSPS) is 10.7. The van der Waals surface area contributed by atoms with E-state index in [1.807, 2.05) is 0 Å². The van der Waals surface area contributed by atoms with Crippen molar-refractivity contribution in [1.82, 2.24) is 15.3 Å². The van der Waals surface area contributed by atoms with Gasteiger partial charge >= 0.3 is 0 Å². The van der Waals surface area contributed by atoms with E-state index in [4.69, 9.17) is 4.74 Å². The Labute approximate surface area is 148 Å². The number of para-hydroxylation sites is 1. The van der Waals surface area contributed by atoms with Crippen LogP contribution in [0.25, 0.3) is 10.9 Å². The van der Waals surface area contributed by atoms with E-state index >= 15 is 0 Å². The van der Waals surface area contributed by atoms with Crippen molar-refractivity contribution in [2.24, 2.45) is 0 Å². The van der Waals surface area contributed by atoms with Crippen molar-refractivity contribution in [3.63, 3.8) is 0 Å². The molecule has 0 aliphatic carbocycles. The Bertz CT molecular complexity index is 950. The highest BCUT2D eigenvalue weighted by Crippen LogP contribution is 2.25. The SMILES string of the molecule is COCCNC(=O)c1nc(Nc2ccc(F)cc2F)c2ccccc2n1. The summed E-state index contributed by atoms with van der Waals surface area (Å²) in [6.07, 6.45) is 0. The molecule has 2 aromatic carbocycles. The van der Waals surface area contributed by atoms with E-state index < -0.39 is 17.5 Å². The average molecular weight is 358 g/mol. The second-order valence-corrected chi connectivity index (χ2v) is 5.41. The Morgan fingerprint density at radius 1 is 1.15 bits per heavy atom. The van der Waals surface area contributed by atoms with Gasteiger partial charge in [-0.3, -0.25) is 4.79 Å². The van der Waals surface area contributed by atoms with E-state index in [1.54, 1.807) is 24.3 Å². The monoisotopic (exact) mass is 358 g/mol. The van der Waals surface area contributed by atoms with Gasteiger partial charge < -0.3 is 15.4 Å². The molecule has 26 heavy (non-hydrogen) atoms. The Morgan fingerprint density at radius 2 is 1.96 bits per heavy atom. The maximum atomic E-state index is 14.0. The summed E-state index contributed by atoms with van der Waals surface area (Å²) >= 11 is 0. The minimum absolute atomic E-state index is 0.0426. The van der Waals surface area contributed by atoms with E-state index in [9.17, 15) is 13.6 Å². The average Bonchev–Trinajstić information content (AvgIpc) is 2.64. The van der Waals surface area contributed by atoms with Crippen LogP contribution in [0.1, 0.15) is 10.6 Å². The van der Waals surface area contributed by atoms with E-state index in [0.29, 0.717) is 24.1 Å². The molecule has 0 radical (unpaired) electrons. The van der Waals surface area contributed by atoms with Crippen molar-refractivity contribution in [2.45, 2.75) is 0 Å². The summed E-state index contributed by atoms with van der Waals surface area (Å²) in [6.45, 7) is 0.659. The predicted octanol–water partition coefficient (Wildman–Crippen LogP) is 3.03. The van der Waals surface area contributed by atoms with Crippen molar-refractivity contribution in [3.05, 3.63) is 59.9 Å². The van der Waals surface area contributed by atoms with Crippen LogP contribution in [0.2, 0.25) is 0 Å². The molecule has 0 saturated carbocycles. The van der Waals surface area contributed by atoms with Gasteiger partial charge in [-0.2, -0.15) is 0 Å². The summed E-state index contributed by atoms with van der Waals surface area (Å²) in [4.78, 5) is 20.7. The van der Waals surface area contributed by atoms with Crippen molar-refractivity contribution < 1.29 is 18.3 Å². The minimum Gasteiger partial charge on any atom is -0.383 e. The van der Waals surface area contributed by atoms with Gasteiger partial charge in [0.1, 0.15) is 17.5 Å². The first kappa shape index (κ1) is 17.7. The van der Waals surface area contributed by atoms with Gasteiger partial charge in [-0.25, -0.2) is 18.7 Å². The number of anilines is 2. The molecule has 134 valence electrons. The van der Waals surface area contributed by atoms with Crippen LogP contribution in [-0.4, -0.2) is 36.1 Å². The molecule has 3 aromatic rings. The van der Waals surface area contributed by atoms with Crippen molar-refractivity contribution in [2.75, 3.05) is 25.6 Å². The Kier molecular flexibility index (Phi) is 5.33. The number of fused-ring (bicyclic) bond motifs is 1. The number of hydrogen-bond acceptors (Lipinski definition) is 5. The number of methoxy groups -OCH3 is 1. The minimum atomic E-state index is -0.765. The number of nitrogens with one attached hydrogen (secondary N) is 2. The standard InChI is InChI=1S/C18H16F2N4O2/c1-26-9-8-21-18(25)17-22-14-5-3-2-4-12(14)16(24-17)23-15-7-6-11(19)10-13(15)20/h2-7,10H,8-9H2,1H3,(H,21,25)(H,22,23,24). The van der Waals surface area contributed by atoms with Crippen LogP contribution >= 0.6 is 0 Å². The molecule has 0 saturated heterocycles. The summed E-state index contributed by atoms with van der Waals surface area (Å²) in [6, 6.07) is 10.2. The Hall–Kier alpha value is -3.13. The molecule has 0 aliphatic rings. The number of hydrogen-bond donors (Lipinski definition) is 2. The molecule has 0 aliphatic heterocycles. The van der Waals surface area contributed by atoms with Crippen molar-refractivity contribution in [3.8, 4) is 0 Å². The van der Waals surface area contributed by atoms with Crippen molar-refractivity contribution in [1.29, 1.82) is 0 Å². The maximum absolute atomic E-state index is 14.0. The molecule has 1 heterocycles. The molecule has 1 amide bonds. The fraction of sp³-hybridized carbons (Fsp3) is 0.167. The zero-order valence-corrected chi connectivity index (χ0v) is 13.9. The summed E-state index contributed by atoms with van der Waals surface area (Å²) in [5.41, 5.74) is 0.561. The van der Waals surface area contributed by atoms with Crippen LogP contribution in [0.15, 0.2) is 42.5 Å². The molecule has 0 atom stereocenters. The topological polar surface area (TPSA) is 76.1 Å². The van der Waals surface area contributed by atoms with Crippen LogP contribution in [-0.2, 0) is 4.74 Å². The Morgan fingerprint density at radius 3 is 2.73 bits per heavy atom. The molecule has 1 aromatic heterocycles. The number of benzene rings is 2. The first-order chi connectivity index (χ1) is 12.6. The molecular formula is C18H16F2N4O2. The van der Waals surface area contributed by atoms with Crippen LogP contribution < -0.4 is 10.6 Å². The maximum Gasteiger partial charge on any atom is 0.289 e. The fourth-order valence-electron chi connectivity index (χ4n) is 2.34. The molecule has 0 bridgehead atoms.